The molecule has 35 heavy (non-hydrogen) atoms. The number of carbonyl (C=O) groups is 2. The second kappa shape index (κ2) is 14.0. The fraction of sp³-hybridized carbons (Fsp3) is 0.571. The molecule has 0 aliphatic carbocycles. The molecule has 1 aromatic heterocycles. The van der Waals surface area contributed by atoms with E-state index < -0.39 is 24.3 Å². The zero-order valence-electron chi connectivity index (χ0n) is 18.6. The summed E-state index contributed by atoms with van der Waals surface area (Å²) in [6.07, 6.45) is -4.71. The Labute approximate surface area is 197 Å². The normalized spacial score (nSPS) is 21.2. The van der Waals surface area contributed by atoms with Crippen LogP contribution in [-0.4, -0.2) is 94.7 Å². The van der Waals surface area contributed by atoms with E-state index in [1.165, 1.54) is 6.42 Å². The maximum atomic E-state index is 10.6. The lowest BCUT2D eigenvalue weighted by Gasteiger charge is -2.37. The van der Waals surface area contributed by atoms with Crippen molar-refractivity contribution in [2.45, 2.75) is 31.4 Å². The van der Waals surface area contributed by atoms with E-state index in [1.54, 1.807) is 0 Å². The van der Waals surface area contributed by atoms with Crippen LogP contribution in [0.3, 0.4) is 0 Å². The zero-order chi connectivity index (χ0) is 26.6. The van der Waals surface area contributed by atoms with E-state index in [-0.39, 0.29) is 0 Å². The van der Waals surface area contributed by atoms with Crippen LogP contribution in [0.25, 0.3) is 0 Å². The van der Waals surface area contributed by atoms with Gasteiger partial charge in [0.2, 0.25) is 0 Å². The molecular weight excluding hydrogens is 488 g/mol. The van der Waals surface area contributed by atoms with Crippen molar-refractivity contribution in [3.05, 3.63) is 42.7 Å². The number of ether oxygens (including phenoxy) is 1. The Balaban J connectivity index is 0.000000362. The van der Waals surface area contributed by atoms with Crippen LogP contribution in [0.4, 0.5) is 26.3 Å². The van der Waals surface area contributed by atoms with Crippen molar-refractivity contribution >= 4 is 11.9 Å². The second-order valence-corrected chi connectivity index (χ2v) is 7.67. The molecule has 2 atom stereocenters. The monoisotopic (exact) mass is 515 g/mol. The van der Waals surface area contributed by atoms with Crippen molar-refractivity contribution in [3.8, 4) is 0 Å². The minimum atomic E-state index is -5.08. The minimum Gasteiger partial charge on any atom is -0.475 e. The van der Waals surface area contributed by atoms with Crippen LogP contribution in [-0.2, 0) is 20.9 Å². The molecule has 3 rings (SSSR count). The first-order chi connectivity index (χ1) is 16.2. The number of hydrogen-bond donors (Lipinski definition) is 2. The third-order valence-corrected chi connectivity index (χ3v) is 5.00. The maximum absolute atomic E-state index is 10.6. The highest BCUT2D eigenvalue weighted by molar-refractivity contribution is 5.73. The molecule has 14 heteroatoms. The maximum Gasteiger partial charge on any atom is 0.490 e. The summed E-state index contributed by atoms with van der Waals surface area (Å²) in [7, 11) is 0. The third-order valence-electron chi connectivity index (χ3n) is 5.00. The molecular formula is C21H27F6N3O5. The Kier molecular flexibility index (Phi) is 12.1. The van der Waals surface area contributed by atoms with Gasteiger partial charge in [-0.15, -0.1) is 6.58 Å². The number of nitrogens with zero attached hydrogens (tertiary/aromatic N) is 3. The highest BCUT2D eigenvalue weighted by atomic mass is 19.4. The lowest BCUT2D eigenvalue weighted by Crippen LogP contribution is -2.46. The number of fused-ring (bicyclic) bond motifs is 1. The molecule has 0 unspecified atom stereocenters. The molecule has 2 fully saturated rings. The Bertz CT molecular complexity index is 783. The van der Waals surface area contributed by atoms with Crippen molar-refractivity contribution in [2.75, 3.05) is 39.3 Å². The van der Waals surface area contributed by atoms with Crippen LogP contribution in [0.15, 0.2) is 37.1 Å². The highest BCUT2D eigenvalue weighted by Crippen LogP contribution is 2.25. The molecule has 2 saturated heterocycles. The molecule has 198 valence electrons. The van der Waals surface area contributed by atoms with Gasteiger partial charge in [-0.3, -0.25) is 14.8 Å². The first kappa shape index (κ1) is 30.3. The summed E-state index contributed by atoms with van der Waals surface area (Å²) in [4.78, 5) is 27.2. The predicted octanol–water partition coefficient (Wildman–Crippen LogP) is 3.06. The summed E-state index contributed by atoms with van der Waals surface area (Å²) in [5.74, 6) is -4.85. The summed E-state index contributed by atoms with van der Waals surface area (Å²) in [6.45, 7) is 10.9. The Hall–Kier alpha value is -2.71. The van der Waals surface area contributed by atoms with Gasteiger partial charge in [-0.2, -0.15) is 26.3 Å². The first-order valence-electron chi connectivity index (χ1n) is 10.4. The number of likely N-dealkylation sites (tertiary alicyclic amines) is 1. The quantitative estimate of drug-likeness (QED) is 0.466. The van der Waals surface area contributed by atoms with Crippen LogP contribution in [0.1, 0.15) is 12.1 Å². The van der Waals surface area contributed by atoms with Gasteiger partial charge in [-0.1, -0.05) is 12.1 Å². The van der Waals surface area contributed by atoms with Crippen LogP contribution in [0, 0.1) is 5.92 Å². The topological polar surface area (TPSA) is 103 Å². The number of halogens is 6. The van der Waals surface area contributed by atoms with E-state index in [2.05, 4.69) is 33.5 Å². The predicted molar refractivity (Wildman–Crippen MR) is 111 cm³/mol. The fourth-order valence-corrected chi connectivity index (χ4v) is 3.40. The average Bonchev–Trinajstić information content (AvgIpc) is 2.96. The number of piperidine rings is 1. The number of carboxylic acids is 2. The van der Waals surface area contributed by atoms with Gasteiger partial charge in [0.15, 0.2) is 0 Å². The van der Waals surface area contributed by atoms with E-state index in [0.29, 0.717) is 12.0 Å². The van der Waals surface area contributed by atoms with Gasteiger partial charge in [0, 0.05) is 44.8 Å². The molecule has 2 aliphatic heterocycles. The standard InChI is InChI=1S/C17H25N3O.2C2HF3O2/c1-2-8-19-10-11-21-17-14-20(9-6-15(17)12-19)13-16-5-3-4-7-18-16;2*3-2(4,5)1(6)7/h2-5,7,15,17H,1,6,8-14H2;2*(H,6,7)/t15-,17-;;/m1../s1. The second-order valence-electron chi connectivity index (χ2n) is 7.67. The van der Waals surface area contributed by atoms with E-state index in [9.17, 15) is 26.3 Å². The highest BCUT2D eigenvalue weighted by Gasteiger charge is 2.39. The summed E-state index contributed by atoms with van der Waals surface area (Å²) in [5.41, 5.74) is 1.15. The van der Waals surface area contributed by atoms with Crippen LogP contribution >= 0.6 is 0 Å². The molecule has 0 radical (unpaired) electrons. The smallest absolute Gasteiger partial charge is 0.475 e. The van der Waals surface area contributed by atoms with Crippen LogP contribution < -0.4 is 0 Å². The lowest BCUT2D eigenvalue weighted by molar-refractivity contribution is -0.193. The number of pyridine rings is 1. The molecule has 1 aromatic rings. The summed E-state index contributed by atoms with van der Waals surface area (Å²) in [5, 5.41) is 14.2. The molecule has 2 N–H and O–H groups in total. The lowest BCUT2D eigenvalue weighted by atomic mass is 9.93. The van der Waals surface area contributed by atoms with Crippen LogP contribution in [0.5, 0.6) is 0 Å². The van der Waals surface area contributed by atoms with Gasteiger partial charge in [0.05, 0.1) is 18.4 Å². The van der Waals surface area contributed by atoms with Gasteiger partial charge >= 0.3 is 24.3 Å². The van der Waals surface area contributed by atoms with Crippen LogP contribution in [0.2, 0.25) is 0 Å². The molecule has 0 saturated carbocycles. The van der Waals surface area contributed by atoms with Crippen molar-refractivity contribution in [3.63, 3.8) is 0 Å². The summed E-state index contributed by atoms with van der Waals surface area (Å²) in [6, 6.07) is 6.13. The SMILES string of the molecule is C=CCN1CCO[C@@H]2CN(Cc3ccccn3)CC[C@@H]2C1.O=C(O)C(F)(F)F.O=C(O)C(F)(F)F. The van der Waals surface area contributed by atoms with Crippen molar-refractivity contribution in [1.29, 1.82) is 0 Å². The molecule has 0 bridgehead atoms. The van der Waals surface area contributed by atoms with Crippen molar-refractivity contribution in [1.82, 2.24) is 14.8 Å². The molecule has 3 heterocycles. The molecule has 0 amide bonds. The molecule has 2 aliphatic rings. The first-order valence-corrected chi connectivity index (χ1v) is 10.4. The van der Waals surface area contributed by atoms with E-state index in [0.717, 1.165) is 51.6 Å². The van der Waals surface area contributed by atoms with Gasteiger partial charge in [-0.25, -0.2) is 9.59 Å². The van der Waals surface area contributed by atoms with E-state index in [4.69, 9.17) is 24.5 Å². The molecule has 0 spiro atoms. The number of carboxylic acid groups (broad SMARTS) is 2. The van der Waals surface area contributed by atoms with Gasteiger partial charge in [0.25, 0.3) is 0 Å². The van der Waals surface area contributed by atoms with Gasteiger partial charge in [-0.05, 0) is 25.1 Å². The number of aliphatic carboxylic acids is 2. The molecule has 0 aromatic carbocycles. The van der Waals surface area contributed by atoms with E-state index >= 15 is 0 Å². The van der Waals surface area contributed by atoms with Crippen molar-refractivity contribution in [2.24, 2.45) is 5.92 Å². The number of alkyl halides is 6. The molecule has 8 nitrogen and oxygen atoms in total. The fourth-order valence-electron chi connectivity index (χ4n) is 3.40. The number of hydrogen-bond acceptors (Lipinski definition) is 6. The Morgan fingerprint density at radius 2 is 1.66 bits per heavy atom. The average molecular weight is 515 g/mol. The number of rotatable bonds is 4. The summed E-state index contributed by atoms with van der Waals surface area (Å²) >= 11 is 0. The Morgan fingerprint density at radius 1 is 1.06 bits per heavy atom. The van der Waals surface area contributed by atoms with Crippen molar-refractivity contribution < 1.29 is 50.9 Å². The van der Waals surface area contributed by atoms with Gasteiger partial charge in [0.1, 0.15) is 0 Å². The largest absolute Gasteiger partial charge is 0.490 e. The Morgan fingerprint density at radius 3 is 2.14 bits per heavy atom. The zero-order valence-corrected chi connectivity index (χ0v) is 18.6. The van der Waals surface area contributed by atoms with Gasteiger partial charge < -0.3 is 14.9 Å². The third kappa shape index (κ3) is 12.0. The van der Waals surface area contributed by atoms with E-state index in [1.807, 2.05) is 18.3 Å². The minimum absolute atomic E-state index is 0.372. The number of aromatic nitrogens is 1. The summed E-state index contributed by atoms with van der Waals surface area (Å²) < 4.78 is 69.6.